The van der Waals surface area contributed by atoms with E-state index < -0.39 is 15.5 Å². The molecule has 53 heavy (non-hydrogen) atoms. The average Bonchev–Trinajstić information content (AvgIpc) is 3.99. The molecule has 0 fully saturated rings. The van der Waals surface area contributed by atoms with Gasteiger partial charge in [-0.3, -0.25) is 0 Å². The average molecular weight is 1230 g/mol. The molecule has 264 valence electrons. The molecule has 8 bridgehead atoms. The van der Waals surface area contributed by atoms with Crippen molar-refractivity contribution in [2.45, 2.75) is 0 Å². The summed E-state index contributed by atoms with van der Waals surface area (Å²) in [5.41, 5.74) is 7.86. The predicted octanol–water partition coefficient (Wildman–Crippen LogP) is 10.5. The zero-order chi connectivity index (χ0) is 36.4. The molecule has 4 aromatic carbocycles. The van der Waals surface area contributed by atoms with E-state index in [1.54, 1.807) is 0 Å². The van der Waals surface area contributed by atoms with Gasteiger partial charge in [-0.05, 0) is 72.8 Å². The fraction of sp³-hybridized carbons (Fsp3) is 0. The fourth-order valence-corrected chi connectivity index (χ4v) is 14.6. The number of hydrogen-bond donors (Lipinski definition) is 2. The summed E-state index contributed by atoms with van der Waals surface area (Å²) in [7, 11) is 0. The van der Waals surface area contributed by atoms with E-state index in [1.165, 1.54) is 30.4 Å². The molecule has 0 radical (unpaired) electrons. The summed E-state index contributed by atoms with van der Waals surface area (Å²) < 4.78 is 10.8. The molecular weight excluding hydrogens is 1200 g/mol. The molecule has 2 aliphatic heterocycles. The summed E-state index contributed by atoms with van der Waals surface area (Å²) >= 11 is 7.01. The van der Waals surface area contributed by atoms with Crippen LogP contribution in [0.1, 0.15) is 22.8 Å². The van der Waals surface area contributed by atoms with Gasteiger partial charge in [0.2, 0.25) is 0 Å². The van der Waals surface area contributed by atoms with Crippen LogP contribution in [0.5, 0.6) is 0 Å². The van der Waals surface area contributed by atoms with Crippen LogP contribution >= 0.6 is 90.4 Å². The molecule has 0 aliphatic carbocycles. The first-order chi connectivity index (χ1) is 25.8. The van der Waals surface area contributed by atoms with E-state index in [-0.39, 0.29) is 0 Å². The Bertz CT molecular complexity index is 2280. The van der Waals surface area contributed by atoms with E-state index in [1.807, 2.05) is 48.6 Å². The number of fused-ring (bicyclic) bond motifs is 8. The molecule has 2 aliphatic rings. The summed E-state index contributed by atoms with van der Waals surface area (Å²) in [5.74, 6) is 0. The number of hydrogen-bond acceptors (Lipinski definition) is 2. The number of halogens is 4. The second kappa shape index (κ2) is 16.4. The van der Waals surface area contributed by atoms with Crippen LogP contribution in [-0.2, 0) is 15.5 Å². The van der Waals surface area contributed by atoms with Gasteiger partial charge >= 0.3 is 233 Å². The Morgan fingerprint density at radius 3 is 0.774 bits per heavy atom. The molecule has 9 heteroatoms. The van der Waals surface area contributed by atoms with Crippen molar-refractivity contribution >= 4 is 153 Å². The van der Waals surface area contributed by atoms with Gasteiger partial charge in [-0.15, -0.1) is 0 Å². The van der Waals surface area contributed by atoms with Gasteiger partial charge in [0, 0.05) is 22.1 Å². The maximum atomic E-state index is 4.63. The topological polar surface area (TPSA) is 57.4 Å². The van der Waals surface area contributed by atoms with Crippen LogP contribution in [0.15, 0.2) is 146 Å². The number of rotatable bonds is 4. The monoisotopic (exact) mass is 1230 g/mol. The fourth-order valence-electron chi connectivity index (χ4n) is 5.89. The maximum absolute atomic E-state index is 4.63. The molecule has 0 spiro atoms. The van der Waals surface area contributed by atoms with Crippen LogP contribution in [0.2, 0.25) is 0 Å². The third-order valence-electron chi connectivity index (χ3n) is 8.27. The Morgan fingerprint density at radius 1 is 0.321 bits per heavy atom. The summed E-state index contributed by atoms with van der Waals surface area (Å²) in [4.78, 5) is 16.0. The molecule has 3 aromatic heterocycles. The van der Waals surface area contributed by atoms with Gasteiger partial charge in [-0.1, -0.05) is 0 Å². The van der Waals surface area contributed by atoms with E-state index in [0.29, 0.717) is 0 Å². The van der Waals surface area contributed by atoms with E-state index in [9.17, 15) is 0 Å². The minimum absolute atomic E-state index is 0.939. The van der Waals surface area contributed by atoms with Crippen molar-refractivity contribution in [3.63, 3.8) is 0 Å². The first-order valence-corrected chi connectivity index (χ1v) is 23.9. The van der Waals surface area contributed by atoms with Crippen molar-refractivity contribution in [2.75, 3.05) is 0 Å². The zero-order valence-corrected chi connectivity index (χ0v) is 38.1. The normalized spacial score (nSPS) is 12.3. The van der Waals surface area contributed by atoms with Gasteiger partial charge < -0.3 is 9.97 Å². The number of H-pyrrole nitrogens is 2. The standard InChI is InChI=1S/C20H14N4.4C6H4I.Pd/c1-2-14-10-16-5-6-18(23-16)12-20-8-7-19(24-20)11-17-4-3-15(22-17)9-13(1)21-14;4*7-6-4-2-1-3-5-6;/h1-12,21,24H;4*2-5H;. The quantitative estimate of drug-likeness (QED) is 0.136. The second-order valence-corrected chi connectivity index (χ2v) is 22.9. The van der Waals surface area contributed by atoms with Gasteiger partial charge in [0.05, 0.1) is 22.8 Å². The molecule has 0 saturated carbocycles. The van der Waals surface area contributed by atoms with Crippen LogP contribution in [-0.4, -0.2) is 19.9 Å². The van der Waals surface area contributed by atoms with Crippen LogP contribution < -0.4 is 16.1 Å². The van der Waals surface area contributed by atoms with Crippen LogP contribution in [0.4, 0.5) is 0 Å². The van der Waals surface area contributed by atoms with Crippen molar-refractivity contribution in [1.82, 2.24) is 19.9 Å². The van der Waals surface area contributed by atoms with Crippen molar-refractivity contribution in [1.29, 1.82) is 0 Å². The summed E-state index contributed by atoms with van der Waals surface area (Å²) in [5, 5.41) is 0. The molecule has 2 N–H and O–H groups in total. The van der Waals surface area contributed by atoms with Crippen LogP contribution in [0, 0.1) is 14.3 Å². The SMILES string of the molecule is C1=Cc2cc3ccc(cc4nc(cc5ccc(cc1n2)[nH]5)C=C4)[nH]3.Ic1cc[c]([Pd]([c]2ccc(I)cc2)([c]2ccc(I)cc2)[c]2ccc(I)cc2)cc1. The van der Waals surface area contributed by atoms with Crippen molar-refractivity contribution in [2.24, 2.45) is 0 Å². The molecule has 9 rings (SSSR count). The van der Waals surface area contributed by atoms with Crippen LogP contribution in [0.25, 0.3) is 46.4 Å². The molecule has 0 atom stereocenters. The molecule has 4 nitrogen and oxygen atoms in total. The van der Waals surface area contributed by atoms with Gasteiger partial charge in [0.15, 0.2) is 0 Å². The first-order valence-electron chi connectivity index (χ1n) is 16.5. The van der Waals surface area contributed by atoms with Crippen molar-refractivity contribution < 1.29 is 15.5 Å². The minimum atomic E-state index is -2.57. The number of nitrogens with one attached hydrogen (secondary N) is 2. The number of aromatic nitrogens is 4. The van der Waals surface area contributed by atoms with Gasteiger partial charge in [0.1, 0.15) is 0 Å². The Hall–Kier alpha value is -2.94. The Balaban J connectivity index is 0.000000153. The molecular formula is C44H30I4N4Pd. The van der Waals surface area contributed by atoms with Gasteiger partial charge in [0.25, 0.3) is 0 Å². The second-order valence-electron chi connectivity index (χ2n) is 12.0. The van der Waals surface area contributed by atoms with E-state index in [2.05, 4.69) is 232 Å². The van der Waals surface area contributed by atoms with Crippen molar-refractivity contribution in [3.05, 3.63) is 183 Å². The Labute approximate surface area is 366 Å². The third-order valence-corrected chi connectivity index (χ3v) is 18.6. The van der Waals surface area contributed by atoms with Crippen molar-refractivity contribution in [3.8, 4) is 0 Å². The van der Waals surface area contributed by atoms with E-state index in [4.69, 9.17) is 0 Å². The van der Waals surface area contributed by atoms with Crippen LogP contribution in [0.3, 0.4) is 0 Å². The zero-order valence-electron chi connectivity index (χ0n) is 27.9. The molecule has 0 saturated heterocycles. The number of nitrogens with zero attached hydrogens (tertiary/aromatic N) is 2. The molecule has 5 heterocycles. The van der Waals surface area contributed by atoms with Gasteiger partial charge in [-0.25, -0.2) is 9.97 Å². The molecule has 7 aromatic rings. The molecule has 0 amide bonds. The summed E-state index contributed by atoms with van der Waals surface area (Å²) in [6, 6.07) is 53.0. The van der Waals surface area contributed by atoms with E-state index in [0.717, 1.165) is 44.8 Å². The Morgan fingerprint density at radius 2 is 0.547 bits per heavy atom. The molecule has 0 unspecified atom stereocenters. The Kier molecular flexibility index (Phi) is 11.5. The van der Waals surface area contributed by atoms with Gasteiger partial charge in [-0.2, -0.15) is 0 Å². The van der Waals surface area contributed by atoms with E-state index >= 15 is 0 Å². The number of benzene rings is 4. The first kappa shape index (κ1) is 37.0. The predicted molar refractivity (Wildman–Crippen MR) is 254 cm³/mol. The number of aromatic amines is 2. The third kappa shape index (κ3) is 8.50. The summed E-state index contributed by atoms with van der Waals surface area (Å²) in [6.07, 6.45) is 8.09. The summed E-state index contributed by atoms with van der Waals surface area (Å²) in [6.45, 7) is 0.